The molecular weight excluding hydrogens is 288 g/mol. The molecular formula is C14H16N4O4. The van der Waals surface area contributed by atoms with E-state index in [2.05, 4.69) is 19.9 Å². The van der Waals surface area contributed by atoms with E-state index < -0.39 is 23.8 Å². The van der Waals surface area contributed by atoms with E-state index in [0.717, 1.165) is 11.4 Å². The summed E-state index contributed by atoms with van der Waals surface area (Å²) in [5.41, 5.74) is 1.55. The van der Waals surface area contributed by atoms with Gasteiger partial charge in [0, 0.05) is 35.6 Å². The van der Waals surface area contributed by atoms with Crippen molar-refractivity contribution in [3.05, 3.63) is 36.4 Å². The van der Waals surface area contributed by atoms with Crippen LogP contribution in [0.3, 0.4) is 0 Å². The molecule has 1 aliphatic rings. The van der Waals surface area contributed by atoms with Gasteiger partial charge in [0.05, 0.1) is 38.7 Å². The third kappa shape index (κ3) is 2.07. The first kappa shape index (κ1) is 14.3. The Morgan fingerprint density at radius 1 is 0.909 bits per heavy atom. The molecule has 2 N–H and O–H groups in total. The van der Waals surface area contributed by atoms with Gasteiger partial charge in [-0.15, -0.1) is 0 Å². The number of carbonyl (C=O) groups excluding carboxylic acids is 2. The molecule has 2 aromatic rings. The van der Waals surface area contributed by atoms with Crippen molar-refractivity contribution < 1.29 is 19.1 Å². The van der Waals surface area contributed by atoms with E-state index >= 15 is 0 Å². The summed E-state index contributed by atoms with van der Waals surface area (Å²) in [6.07, 6.45) is 6.38. The highest BCUT2D eigenvalue weighted by Crippen LogP contribution is 2.57. The molecule has 0 saturated heterocycles. The van der Waals surface area contributed by atoms with Gasteiger partial charge in [-0.25, -0.2) is 9.97 Å². The minimum absolute atomic E-state index is 0.250. The maximum atomic E-state index is 12.2. The Bertz CT molecular complexity index is 594. The van der Waals surface area contributed by atoms with Crippen LogP contribution < -0.4 is 0 Å². The lowest BCUT2D eigenvalue weighted by molar-refractivity contribution is -0.168. The van der Waals surface area contributed by atoms with Crippen LogP contribution in [0.25, 0.3) is 0 Å². The first-order valence-electron chi connectivity index (χ1n) is 6.81. The molecule has 0 spiro atoms. The van der Waals surface area contributed by atoms with E-state index in [1.807, 2.05) is 0 Å². The highest BCUT2D eigenvalue weighted by atomic mass is 16.5. The molecule has 1 aliphatic carbocycles. The molecule has 0 bridgehead atoms. The van der Waals surface area contributed by atoms with Gasteiger partial charge in [0.25, 0.3) is 0 Å². The molecule has 0 aromatic carbocycles. The molecule has 0 aliphatic heterocycles. The van der Waals surface area contributed by atoms with E-state index in [1.165, 1.54) is 14.2 Å². The molecule has 0 unspecified atom stereocenters. The van der Waals surface area contributed by atoms with Crippen molar-refractivity contribution in [3.63, 3.8) is 0 Å². The average Bonchev–Trinajstić information content (AvgIpc) is 3.19. The van der Waals surface area contributed by atoms with Gasteiger partial charge in [0.15, 0.2) is 0 Å². The summed E-state index contributed by atoms with van der Waals surface area (Å²) >= 11 is 0. The van der Waals surface area contributed by atoms with Crippen LogP contribution in [-0.2, 0) is 19.1 Å². The molecule has 22 heavy (non-hydrogen) atoms. The zero-order chi connectivity index (χ0) is 15.7. The average molecular weight is 304 g/mol. The summed E-state index contributed by atoms with van der Waals surface area (Å²) < 4.78 is 9.73. The van der Waals surface area contributed by atoms with Crippen molar-refractivity contribution in [2.24, 2.45) is 11.8 Å². The Morgan fingerprint density at radius 3 is 1.59 bits per heavy atom. The van der Waals surface area contributed by atoms with Crippen LogP contribution >= 0.6 is 0 Å². The first-order chi connectivity index (χ1) is 10.7. The fraction of sp³-hybridized carbons (Fsp3) is 0.429. The zero-order valence-electron chi connectivity index (χ0n) is 12.1. The lowest BCUT2D eigenvalue weighted by Gasteiger charge is -2.47. The predicted molar refractivity (Wildman–Crippen MR) is 73.7 cm³/mol. The van der Waals surface area contributed by atoms with Crippen LogP contribution in [-0.4, -0.2) is 46.1 Å². The number of aromatic amines is 2. The Balaban J connectivity index is 2.03. The molecule has 2 aromatic heterocycles. The first-order valence-corrected chi connectivity index (χ1v) is 6.81. The van der Waals surface area contributed by atoms with Gasteiger partial charge in [-0.2, -0.15) is 0 Å². The number of aromatic nitrogens is 4. The lowest BCUT2D eigenvalue weighted by Crippen LogP contribution is -2.52. The SMILES string of the molecule is COC(=O)[C@@H]1[C@@H](C(=O)OC)[C@H](c2cnc[nH]2)[C@H]1c1cnc[nH]1. The van der Waals surface area contributed by atoms with E-state index in [9.17, 15) is 9.59 Å². The van der Waals surface area contributed by atoms with Gasteiger partial charge in [0.2, 0.25) is 0 Å². The quantitative estimate of drug-likeness (QED) is 0.800. The fourth-order valence-corrected chi connectivity index (χ4v) is 3.28. The second-order valence-electron chi connectivity index (χ2n) is 5.16. The van der Waals surface area contributed by atoms with E-state index in [-0.39, 0.29) is 11.8 Å². The minimum Gasteiger partial charge on any atom is -0.469 e. The van der Waals surface area contributed by atoms with E-state index in [4.69, 9.17) is 9.47 Å². The standard InChI is InChI=1S/C14H16N4O4/c1-21-13(19)11-9(7-3-15-5-17-7)10(8-4-16-6-18-8)12(11)14(20)22-2/h3-6,9-12H,1-2H3,(H,15,17)(H,16,18)/t9-,10-,11+,12+/m1/s1. The number of carbonyl (C=O) groups is 2. The van der Waals surface area contributed by atoms with Gasteiger partial charge in [-0.3, -0.25) is 9.59 Å². The highest BCUT2D eigenvalue weighted by molar-refractivity contribution is 5.86. The molecule has 1 saturated carbocycles. The summed E-state index contributed by atoms with van der Waals surface area (Å²) in [4.78, 5) is 38.3. The monoisotopic (exact) mass is 304 g/mol. The smallest absolute Gasteiger partial charge is 0.310 e. The summed E-state index contributed by atoms with van der Waals surface area (Å²) in [6, 6.07) is 0. The lowest BCUT2D eigenvalue weighted by atomic mass is 9.54. The number of nitrogens with one attached hydrogen (secondary N) is 2. The highest BCUT2D eigenvalue weighted by Gasteiger charge is 2.60. The predicted octanol–water partition coefficient (Wildman–Crippen LogP) is 0.592. The van der Waals surface area contributed by atoms with Crippen LogP contribution in [0.2, 0.25) is 0 Å². The second-order valence-corrected chi connectivity index (χ2v) is 5.16. The molecule has 3 rings (SSSR count). The Kier molecular flexibility index (Phi) is 3.66. The molecule has 8 nitrogen and oxygen atoms in total. The van der Waals surface area contributed by atoms with Crippen molar-refractivity contribution in [2.75, 3.05) is 14.2 Å². The van der Waals surface area contributed by atoms with Gasteiger partial charge < -0.3 is 19.4 Å². The summed E-state index contributed by atoms with van der Waals surface area (Å²) in [5.74, 6) is -2.62. The maximum Gasteiger partial charge on any atom is 0.310 e. The molecule has 8 heteroatoms. The molecule has 4 atom stereocenters. The van der Waals surface area contributed by atoms with Gasteiger partial charge >= 0.3 is 11.9 Å². The van der Waals surface area contributed by atoms with Crippen LogP contribution in [0, 0.1) is 11.8 Å². The summed E-state index contributed by atoms with van der Waals surface area (Å²) in [7, 11) is 2.62. The number of ether oxygens (including phenoxy) is 2. The molecule has 2 heterocycles. The van der Waals surface area contributed by atoms with Crippen molar-refractivity contribution in [2.45, 2.75) is 11.8 Å². The number of hydrogen-bond donors (Lipinski definition) is 2. The van der Waals surface area contributed by atoms with Crippen molar-refractivity contribution >= 4 is 11.9 Å². The molecule has 0 radical (unpaired) electrons. The third-order valence-electron chi connectivity index (χ3n) is 4.25. The molecule has 0 amide bonds. The normalized spacial score (nSPS) is 27.0. The number of rotatable bonds is 4. The van der Waals surface area contributed by atoms with Crippen molar-refractivity contribution in [1.82, 2.24) is 19.9 Å². The van der Waals surface area contributed by atoms with Crippen molar-refractivity contribution in [3.8, 4) is 0 Å². The van der Waals surface area contributed by atoms with Crippen LogP contribution in [0.15, 0.2) is 25.0 Å². The number of methoxy groups -OCH3 is 2. The Labute approximate surface area is 126 Å². The number of nitrogens with zero attached hydrogens (tertiary/aromatic N) is 2. The fourth-order valence-electron chi connectivity index (χ4n) is 3.28. The van der Waals surface area contributed by atoms with Gasteiger partial charge in [-0.1, -0.05) is 0 Å². The maximum absolute atomic E-state index is 12.2. The van der Waals surface area contributed by atoms with E-state index in [1.54, 1.807) is 25.0 Å². The largest absolute Gasteiger partial charge is 0.469 e. The van der Waals surface area contributed by atoms with Gasteiger partial charge in [-0.05, 0) is 0 Å². The van der Waals surface area contributed by atoms with Crippen LogP contribution in [0.4, 0.5) is 0 Å². The number of H-pyrrole nitrogens is 2. The van der Waals surface area contributed by atoms with Gasteiger partial charge in [0.1, 0.15) is 0 Å². The van der Waals surface area contributed by atoms with Crippen LogP contribution in [0.5, 0.6) is 0 Å². The molecule has 1 fully saturated rings. The minimum atomic E-state index is -0.619. The zero-order valence-corrected chi connectivity index (χ0v) is 12.1. The summed E-state index contributed by atoms with van der Waals surface area (Å²) in [6.45, 7) is 0. The Morgan fingerprint density at radius 2 is 1.32 bits per heavy atom. The summed E-state index contributed by atoms with van der Waals surface area (Å²) in [5, 5.41) is 0. The van der Waals surface area contributed by atoms with Crippen LogP contribution in [0.1, 0.15) is 23.2 Å². The third-order valence-corrected chi connectivity index (χ3v) is 4.25. The Hall–Kier alpha value is -2.64. The number of imidazole rings is 2. The molecule has 116 valence electrons. The number of hydrogen-bond acceptors (Lipinski definition) is 6. The van der Waals surface area contributed by atoms with E-state index in [0.29, 0.717) is 0 Å². The number of esters is 2. The topological polar surface area (TPSA) is 110 Å². The second kappa shape index (κ2) is 5.63. The van der Waals surface area contributed by atoms with Crippen molar-refractivity contribution in [1.29, 1.82) is 0 Å².